The van der Waals surface area contributed by atoms with E-state index in [1.54, 1.807) is 0 Å². The summed E-state index contributed by atoms with van der Waals surface area (Å²) >= 11 is 0. The van der Waals surface area contributed by atoms with E-state index in [-0.39, 0.29) is 5.69 Å². The topological polar surface area (TPSA) is 110 Å². The molecule has 1 amide bonds. The molecular formula is C19H22N6O. The Kier molecular flexibility index (Phi) is 4.51. The van der Waals surface area contributed by atoms with E-state index in [1.807, 2.05) is 30.3 Å². The van der Waals surface area contributed by atoms with Gasteiger partial charge in [0.05, 0.1) is 11.2 Å². The summed E-state index contributed by atoms with van der Waals surface area (Å²) < 4.78 is 0. The van der Waals surface area contributed by atoms with Crippen molar-refractivity contribution in [3.05, 3.63) is 41.7 Å². The Morgan fingerprint density at radius 1 is 1.19 bits per heavy atom. The van der Waals surface area contributed by atoms with Crippen LogP contribution in [0.15, 0.2) is 30.3 Å². The first kappa shape index (κ1) is 16.5. The number of H-pyrrole nitrogens is 1. The van der Waals surface area contributed by atoms with Gasteiger partial charge in [0.1, 0.15) is 0 Å². The van der Waals surface area contributed by atoms with E-state index in [0.29, 0.717) is 28.3 Å². The van der Waals surface area contributed by atoms with Crippen LogP contribution < -0.4 is 11.1 Å². The van der Waals surface area contributed by atoms with Gasteiger partial charge in [-0.1, -0.05) is 50.3 Å². The Hall–Kier alpha value is -2.96. The van der Waals surface area contributed by atoms with Crippen molar-refractivity contribution in [2.24, 2.45) is 5.92 Å². The molecule has 3 aromatic rings. The predicted octanol–water partition coefficient (Wildman–Crippen LogP) is 3.31. The molecule has 2 heterocycles. The molecule has 0 radical (unpaired) electrons. The number of benzene rings is 1. The highest BCUT2D eigenvalue weighted by molar-refractivity contribution is 6.09. The van der Waals surface area contributed by atoms with Crippen LogP contribution in [0.25, 0.3) is 10.9 Å². The summed E-state index contributed by atoms with van der Waals surface area (Å²) in [5, 5.41) is 18.7. The van der Waals surface area contributed by atoms with Gasteiger partial charge in [0.25, 0.3) is 5.91 Å². The highest BCUT2D eigenvalue weighted by Gasteiger charge is 2.18. The van der Waals surface area contributed by atoms with Crippen molar-refractivity contribution >= 4 is 28.3 Å². The summed E-state index contributed by atoms with van der Waals surface area (Å²) in [6.07, 6.45) is 7.47. The highest BCUT2D eigenvalue weighted by Crippen LogP contribution is 2.27. The number of nitrogens with one attached hydrogen (secondary N) is 2. The molecule has 4 rings (SSSR count). The summed E-state index contributed by atoms with van der Waals surface area (Å²) in [6.45, 7) is 0. The number of nitrogens with zero attached hydrogens (tertiary/aromatic N) is 3. The first-order valence-corrected chi connectivity index (χ1v) is 9.07. The molecule has 0 bridgehead atoms. The number of aromatic amines is 1. The van der Waals surface area contributed by atoms with E-state index in [9.17, 15) is 4.79 Å². The molecule has 4 N–H and O–H groups in total. The zero-order chi connectivity index (χ0) is 17.9. The van der Waals surface area contributed by atoms with Gasteiger partial charge in [0.15, 0.2) is 11.5 Å². The summed E-state index contributed by atoms with van der Waals surface area (Å²) in [5.74, 6) is 0.779. The fourth-order valence-corrected chi connectivity index (χ4v) is 3.65. The Morgan fingerprint density at radius 3 is 2.85 bits per heavy atom. The first-order valence-electron chi connectivity index (χ1n) is 9.07. The molecule has 1 aliphatic carbocycles. The first-order chi connectivity index (χ1) is 12.7. The third kappa shape index (κ3) is 3.37. The number of amides is 1. The number of fused-ring (bicyclic) bond motifs is 1. The van der Waals surface area contributed by atoms with Gasteiger partial charge in [-0.2, -0.15) is 5.10 Å². The lowest BCUT2D eigenvalue weighted by Gasteiger charge is -2.20. The number of aromatic nitrogens is 4. The van der Waals surface area contributed by atoms with Crippen LogP contribution in [0.5, 0.6) is 0 Å². The van der Waals surface area contributed by atoms with E-state index in [1.165, 1.54) is 32.1 Å². The van der Waals surface area contributed by atoms with Gasteiger partial charge in [-0.3, -0.25) is 9.89 Å². The molecule has 0 aliphatic heterocycles. The molecule has 1 fully saturated rings. The fraction of sp³-hybridized carbons (Fsp3) is 0.368. The number of anilines is 2. The fourth-order valence-electron chi connectivity index (χ4n) is 3.65. The quantitative estimate of drug-likeness (QED) is 0.669. The number of nitrogens with two attached hydrogens (primary N) is 1. The normalized spacial score (nSPS) is 15.2. The molecule has 7 nitrogen and oxygen atoms in total. The van der Waals surface area contributed by atoms with Crippen LogP contribution in [0.4, 0.5) is 11.5 Å². The number of nitrogen functional groups attached to an aromatic ring is 1. The molecule has 0 unspecified atom stereocenters. The van der Waals surface area contributed by atoms with Gasteiger partial charge in [0.2, 0.25) is 0 Å². The Bertz CT molecular complexity index is 929. The second kappa shape index (κ2) is 7.11. The van der Waals surface area contributed by atoms with Crippen LogP contribution in [0.1, 0.15) is 48.3 Å². The van der Waals surface area contributed by atoms with Gasteiger partial charge < -0.3 is 11.1 Å². The van der Waals surface area contributed by atoms with Crippen LogP contribution in [0.3, 0.4) is 0 Å². The lowest BCUT2D eigenvalue weighted by atomic mass is 9.86. The number of hydrogen-bond donors (Lipinski definition) is 3. The smallest absolute Gasteiger partial charge is 0.279 e. The van der Waals surface area contributed by atoms with Gasteiger partial charge >= 0.3 is 0 Å². The molecule has 2 aromatic heterocycles. The molecule has 1 aromatic carbocycles. The average Bonchev–Trinajstić information content (AvgIpc) is 3.09. The lowest BCUT2D eigenvalue weighted by Crippen LogP contribution is -2.17. The van der Waals surface area contributed by atoms with Gasteiger partial charge in [-0.25, -0.2) is 0 Å². The van der Waals surface area contributed by atoms with Crippen LogP contribution in [0, 0.1) is 5.92 Å². The average molecular weight is 350 g/mol. The number of carbonyl (C=O) groups is 1. The van der Waals surface area contributed by atoms with Crippen LogP contribution in [-0.2, 0) is 6.42 Å². The Balaban J connectivity index is 1.47. The highest BCUT2D eigenvalue weighted by atomic mass is 16.2. The SMILES string of the molecule is Nc1c(C(=O)Nc2cc(CC3CCCCC3)[nH]n2)nnc2ccccc12. The van der Waals surface area contributed by atoms with Crippen molar-refractivity contribution in [3.8, 4) is 0 Å². The van der Waals surface area contributed by atoms with E-state index in [2.05, 4.69) is 25.7 Å². The Labute approximate surface area is 151 Å². The molecule has 0 spiro atoms. The predicted molar refractivity (Wildman–Crippen MR) is 101 cm³/mol. The van der Waals surface area contributed by atoms with Crippen molar-refractivity contribution < 1.29 is 4.79 Å². The maximum absolute atomic E-state index is 12.5. The summed E-state index contributed by atoms with van der Waals surface area (Å²) in [6, 6.07) is 9.23. The second-order valence-electron chi connectivity index (χ2n) is 6.92. The van der Waals surface area contributed by atoms with Crippen LogP contribution in [0.2, 0.25) is 0 Å². The van der Waals surface area contributed by atoms with E-state index >= 15 is 0 Å². The largest absolute Gasteiger partial charge is 0.396 e. The van der Waals surface area contributed by atoms with Crippen molar-refractivity contribution in [3.63, 3.8) is 0 Å². The number of hydrogen-bond acceptors (Lipinski definition) is 5. The van der Waals surface area contributed by atoms with E-state index in [4.69, 9.17) is 5.73 Å². The minimum atomic E-state index is -0.406. The van der Waals surface area contributed by atoms with Crippen molar-refractivity contribution in [2.75, 3.05) is 11.1 Å². The molecule has 1 saturated carbocycles. The minimum absolute atomic E-state index is 0.112. The molecule has 7 heteroatoms. The standard InChI is InChI=1S/C19H22N6O/c20-17-14-8-4-5-9-15(14)23-25-18(17)19(26)21-16-11-13(22-24-16)10-12-6-2-1-3-7-12/h4-5,8-9,11-12H,1-3,6-7,10H2,(H2,20,23)(H2,21,22,24,26). The summed E-state index contributed by atoms with van der Waals surface area (Å²) in [5.41, 5.74) is 8.26. The van der Waals surface area contributed by atoms with Crippen LogP contribution >= 0.6 is 0 Å². The molecule has 0 saturated heterocycles. The second-order valence-corrected chi connectivity index (χ2v) is 6.92. The maximum Gasteiger partial charge on any atom is 0.279 e. The summed E-state index contributed by atoms with van der Waals surface area (Å²) in [7, 11) is 0. The van der Waals surface area contributed by atoms with Crippen molar-refractivity contribution in [2.45, 2.75) is 38.5 Å². The molecular weight excluding hydrogens is 328 g/mol. The lowest BCUT2D eigenvalue weighted by molar-refractivity contribution is 0.102. The molecule has 1 aliphatic rings. The zero-order valence-corrected chi connectivity index (χ0v) is 14.5. The number of carbonyl (C=O) groups excluding carboxylic acids is 1. The maximum atomic E-state index is 12.5. The third-order valence-electron chi connectivity index (χ3n) is 5.03. The monoisotopic (exact) mass is 350 g/mol. The molecule has 26 heavy (non-hydrogen) atoms. The minimum Gasteiger partial charge on any atom is -0.396 e. The van der Waals surface area contributed by atoms with Gasteiger partial charge in [-0.05, 0) is 18.4 Å². The van der Waals surface area contributed by atoms with Gasteiger partial charge in [0, 0.05) is 17.1 Å². The van der Waals surface area contributed by atoms with Gasteiger partial charge in [-0.15, -0.1) is 10.2 Å². The third-order valence-corrected chi connectivity index (χ3v) is 5.03. The molecule has 134 valence electrons. The van der Waals surface area contributed by atoms with E-state index in [0.717, 1.165) is 12.1 Å². The zero-order valence-electron chi connectivity index (χ0n) is 14.5. The van der Waals surface area contributed by atoms with Crippen LogP contribution in [-0.4, -0.2) is 26.3 Å². The van der Waals surface area contributed by atoms with Crippen molar-refractivity contribution in [1.29, 1.82) is 0 Å². The Morgan fingerprint density at radius 2 is 2.00 bits per heavy atom. The van der Waals surface area contributed by atoms with Crippen molar-refractivity contribution in [1.82, 2.24) is 20.4 Å². The number of rotatable bonds is 4. The summed E-state index contributed by atoms with van der Waals surface area (Å²) in [4.78, 5) is 12.5. The van der Waals surface area contributed by atoms with E-state index < -0.39 is 5.91 Å². The molecule has 0 atom stereocenters.